The second-order valence-electron chi connectivity index (χ2n) is 6.36. The van der Waals surface area contributed by atoms with Crippen LogP contribution in [-0.2, 0) is 28.7 Å². The minimum Gasteiger partial charge on any atom is -0.466 e. The third-order valence-electron chi connectivity index (χ3n) is 4.03. The second-order valence-corrected chi connectivity index (χ2v) is 6.36. The molecule has 0 aromatic heterocycles. The molecule has 25 heavy (non-hydrogen) atoms. The van der Waals surface area contributed by atoms with Crippen molar-refractivity contribution in [3.63, 3.8) is 0 Å². The third kappa shape index (κ3) is 10.5. The molecule has 1 rings (SSSR count). The number of hydrogen-bond donors (Lipinski definition) is 1. The van der Waals surface area contributed by atoms with Gasteiger partial charge < -0.3 is 14.8 Å². The van der Waals surface area contributed by atoms with Crippen LogP contribution in [0.5, 0.6) is 0 Å². The van der Waals surface area contributed by atoms with Crippen LogP contribution in [0.25, 0.3) is 0 Å². The number of cyclic esters (lactones) is 1. The summed E-state index contributed by atoms with van der Waals surface area (Å²) in [6.45, 7) is 2.22. The van der Waals surface area contributed by atoms with Crippen molar-refractivity contribution in [3.05, 3.63) is 0 Å². The maximum Gasteiger partial charge on any atom is 0.328 e. The summed E-state index contributed by atoms with van der Waals surface area (Å²) in [5.74, 6) is -1.15. The minimum atomic E-state index is -0.596. The van der Waals surface area contributed by atoms with Crippen molar-refractivity contribution >= 4 is 23.6 Å². The minimum absolute atomic E-state index is 0.0924. The van der Waals surface area contributed by atoms with Crippen molar-refractivity contribution in [2.75, 3.05) is 13.2 Å². The highest BCUT2D eigenvalue weighted by atomic mass is 16.5. The summed E-state index contributed by atoms with van der Waals surface area (Å²) in [7, 11) is 0. The smallest absolute Gasteiger partial charge is 0.328 e. The van der Waals surface area contributed by atoms with E-state index in [4.69, 9.17) is 9.47 Å². The average Bonchev–Trinajstić information content (AvgIpc) is 2.93. The number of carbonyl (C=O) groups excluding carboxylic acids is 4. The van der Waals surface area contributed by atoms with E-state index in [1.54, 1.807) is 0 Å². The SMILES string of the molecule is CC(=O)OCCCCCCCCCC(=O)CC(=O)N[C@H]1CCOC1=O. The summed E-state index contributed by atoms with van der Waals surface area (Å²) < 4.78 is 9.61. The standard InChI is InChI=1S/C18H29NO6/c1-14(20)24-11-8-6-4-2-3-5-7-9-15(21)13-17(22)19-16-10-12-25-18(16)23/h16H,2-13H2,1H3,(H,19,22)/t16-/m0/s1. The molecular formula is C18H29NO6. The lowest BCUT2D eigenvalue weighted by molar-refractivity contribution is -0.142. The van der Waals surface area contributed by atoms with Crippen molar-refractivity contribution in [2.24, 2.45) is 0 Å². The fraction of sp³-hybridized carbons (Fsp3) is 0.778. The molecule has 0 aromatic carbocycles. The van der Waals surface area contributed by atoms with Crippen LogP contribution in [0.1, 0.15) is 71.1 Å². The van der Waals surface area contributed by atoms with Gasteiger partial charge in [0.25, 0.3) is 0 Å². The highest BCUT2D eigenvalue weighted by Crippen LogP contribution is 2.10. The van der Waals surface area contributed by atoms with Gasteiger partial charge in [0.1, 0.15) is 11.8 Å². The van der Waals surface area contributed by atoms with Crippen molar-refractivity contribution in [1.82, 2.24) is 5.32 Å². The zero-order valence-electron chi connectivity index (χ0n) is 15.0. The van der Waals surface area contributed by atoms with Crippen LogP contribution < -0.4 is 5.32 Å². The molecule has 1 aliphatic rings. The zero-order chi connectivity index (χ0) is 18.5. The third-order valence-corrected chi connectivity index (χ3v) is 4.03. The lowest BCUT2D eigenvalue weighted by Gasteiger charge is -2.08. The van der Waals surface area contributed by atoms with Gasteiger partial charge in [0.05, 0.1) is 19.6 Å². The Kier molecular flexibility index (Phi) is 10.5. The van der Waals surface area contributed by atoms with Gasteiger partial charge in [-0.2, -0.15) is 0 Å². The van der Waals surface area contributed by atoms with E-state index in [0.29, 0.717) is 26.1 Å². The number of amides is 1. The van der Waals surface area contributed by atoms with Gasteiger partial charge in [-0.05, 0) is 12.8 Å². The number of nitrogens with one attached hydrogen (secondary N) is 1. The summed E-state index contributed by atoms with van der Waals surface area (Å²) in [5, 5.41) is 2.54. The molecule has 0 bridgehead atoms. The summed E-state index contributed by atoms with van der Waals surface area (Å²) in [5.41, 5.74) is 0. The lowest BCUT2D eigenvalue weighted by atomic mass is 10.1. The summed E-state index contributed by atoms with van der Waals surface area (Å²) in [6.07, 6.45) is 7.62. The zero-order valence-corrected chi connectivity index (χ0v) is 15.0. The number of rotatable bonds is 13. The van der Waals surface area contributed by atoms with E-state index in [1.165, 1.54) is 6.92 Å². The van der Waals surface area contributed by atoms with E-state index in [1.807, 2.05) is 0 Å². The maximum atomic E-state index is 11.8. The normalized spacial score (nSPS) is 16.4. The van der Waals surface area contributed by atoms with E-state index in [0.717, 1.165) is 44.9 Å². The van der Waals surface area contributed by atoms with E-state index in [2.05, 4.69) is 5.32 Å². The monoisotopic (exact) mass is 355 g/mol. The Morgan fingerprint density at radius 2 is 1.72 bits per heavy atom. The van der Waals surface area contributed by atoms with Gasteiger partial charge in [-0.25, -0.2) is 4.79 Å². The fourth-order valence-electron chi connectivity index (χ4n) is 2.66. The Balaban J connectivity index is 1.92. The first kappa shape index (κ1) is 21.1. The van der Waals surface area contributed by atoms with Crippen LogP contribution in [0, 0.1) is 0 Å². The van der Waals surface area contributed by atoms with Gasteiger partial charge in [0, 0.05) is 19.8 Å². The molecule has 1 amide bonds. The number of hydrogen-bond acceptors (Lipinski definition) is 6. The van der Waals surface area contributed by atoms with Crippen LogP contribution in [0.15, 0.2) is 0 Å². The number of unbranched alkanes of at least 4 members (excludes halogenated alkanes) is 6. The maximum absolute atomic E-state index is 11.8. The predicted molar refractivity (Wildman–Crippen MR) is 90.7 cm³/mol. The highest BCUT2D eigenvalue weighted by Gasteiger charge is 2.28. The van der Waals surface area contributed by atoms with Gasteiger partial charge in [-0.1, -0.05) is 32.1 Å². The molecule has 1 atom stereocenters. The average molecular weight is 355 g/mol. The molecule has 1 fully saturated rings. The van der Waals surface area contributed by atoms with Crippen LogP contribution in [-0.4, -0.2) is 42.9 Å². The Morgan fingerprint density at radius 1 is 1.08 bits per heavy atom. The largest absolute Gasteiger partial charge is 0.466 e. The van der Waals surface area contributed by atoms with Gasteiger partial charge in [0.15, 0.2) is 0 Å². The van der Waals surface area contributed by atoms with Crippen molar-refractivity contribution in [1.29, 1.82) is 0 Å². The number of esters is 2. The lowest BCUT2D eigenvalue weighted by Crippen LogP contribution is -2.38. The molecule has 1 saturated heterocycles. The second kappa shape index (κ2) is 12.4. The number of ketones is 1. The molecular weight excluding hydrogens is 326 g/mol. The van der Waals surface area contributed by atoms with Crippen molar-refractivity contribution in [3.8, 4) is 0 Å². The fourth-order valence-corrected chi connectivity index (χ4v) is 2.66. The molecule has 0 radical (unpaired) electrons. The molecule has 0 unspecified atom stereocenters. The molecule has 0 aromatic rings. The number of Topliss-reactive ketones (excluding diaryl/α,β-unsaturated/α-hetero) is 1. The van der Waals surface area contributed by atoms with Crippen molar-refractivity contribution < 1.29 is 28.7 Å². The molecule has 1 heterocycles. The van der Waals surface area contributed by atoms with Gasteiger partial charge in [-0.15, -0.1) is 0 Å². The Morgan fingerprint density at radius 3 is 2.32 bits per heavy atom. The van der Waals surface area contributed by atoms with Gasteiger partial charge in [-0.3, -0.25) is 14.4 Å². The molecule has 0 aliphatic carbocycles. The van der Waals surface area contributed by atoms with Crippen molar-refractivity contribution in [2.45, 2.75) is 77.2 Å². The molecule has 1 N–H and O–H groups in total. The van der Waals surface area contributed by atoms with E-state index in [9.17, 15) is 19.2 Å². The van der Waals surface area contributed by atoms with E-state index in [-0.39, 0.29) is 18.2 Å². The highest BCUT2D eigenvalue weighted by molar-refractivity contribution is 5.99. The molecule has 0 spiro atoms. The Hall–Kier alpha value is -1.92. The summed E-state index contributed by atoms with van der Waals surface area (Å²) >= 11 is 0. The molecule has 0 saturated carbocycles. The first-order valence-electron chi connectivity index (χ1n) is 9.10. The van der Waals surface area contributed by atoms with Gasteiger partial charge >= 0.3 is 11.9 Å². The first-order chi connectivity index (χ1) is 12.0. The quantitative estimate of drug-likeness (QED) is 0.308. The summed E-state index contributed by atoms with van der Waals surface area (Å²) in [6, 6.07) is -0.596. The number of ether oxygens (including phenoxy) is 2. The number of carbonyl (C=O) groups is 4. The summed E-state index contributed by atoms with van der Waals surface area (Å²) in [4.78, 5) is 45.3. The predicted octanol–water partition coefficient (Wildman–Crippen LogP) is 2.06. The van der Waals surface area contributed by atoms with Gasteiger partial charge in [0.2, 0.25) is 5.91 Å². The molecule has 7 heteroatoms. The van der Waals surface area contributed by atoms with Crippen LogP contribution in [0.3, 0.4) is 0 Å². The van der Waals surface area contributed by atoms with E-state index < -0.39 is 17.9 Å². The van der Waals surface area contributed by atoms with E-state index >= 15 is 0 Å². The van der Waals surface area contributed by atoms with Crippen LogP contribution in [0.2, 0.25) is 0 Å². The Labute approximate surface area is 148 Å². The molecule has 7 nitrogen and oxygen atoms in total. The van der Waals surface area contributed by atoms with Crippen LogP contribution in [0.4, 0.5) is 0 Å². The first-order valence-corrected chi connectivity index (χ1v) is 9.10. The Bertz CT molecular complexity index is 462. The molecule has 1 aliphatic heterocycles. The topological polar surface area (TPSA) is 98.8 Å². The molecule has 142 valence electrons. The van der Waals surface area contributed by atoms with Crippen LogP contribution >= 0.6 is 0 Å².